The predicted molar refractivity (Wildman–Crippen MR) is 113 cm³/mol. The van der Waals surface area contributed by atoms with Crippen molar-refractivity contribution in [2.75, 3.05) is 39.4 Å². The molecule has 2 fully saturated rings. The molecule has 0 spiro atoms. The van der Waals surface area contributed by atoms with E-state index >= 15 is 0 Å². The summed E-state index contributed by atoms with van der Waals surface area (Å²) in [6, 6.07) is 5.63. The molecule has 30 heavy (non-hydrogen) atoms. The van der Waals surface area contributed by atoms with Crippen LogP contribution >= 0.6 is 11.3 Å². The Bertz CT molecular complexity index is 824. The van der Waals surface area contributed by atoms with Crippen molar-refractivity contribution in [3.8, 4) is 0 Å². The molecule has 0 saturated carbocycles. The van der Waals surface area contributed by atoms with Crippen LogP contribution in [0.1, 0.15) is 28.8 Å². The summed E-state index contributed by atoms with van der Waals surface area (Å²) >= 11 is 1.48. The molecule has 0 radical (unpaired) electrons. The number of nitrogens with zero attached hydrogens (tertiary/aromatic N) is 3. The molecule has 2 aromatic heterocycles. The Hall–Kier alpha value is -2.29. The van der Waals surface area contributed by atoms with Gasteiger partial charge in [-0.1, -0.05) is 6.07 Å². The van der Waals surface area contributed by atoms with Crippen molar-refractivity contribution < 1.29 is 19.1 Å². The summed E-state index contributed by atoms with van der Waals surface area (Å²) in [4.78, 5) is 33.6. The molecule has 0 aliphatic carbocycles. The Morgan fingerprint density at radius 2 is 2.13 bits per heavy atom. The van der Waals surface area contributed by atoms with Crippen molar-refractivity contribution in [1.29, 1.82) is 0 Å². The van der Waals surface area contributed by atoms with E-state index in [1.165, 1.54) is 11.3 Å². The lowest BCUT2D eigenvalue weighted by molar-refractivity contribution is -0.132. The van der Waals surface area contributed by atoms with Crippen LogP contribution in [0.4, 0.5) is 0 Å². The molecule has 2 aromatic rings. The summed E-state index contributed by atoms with van der Waals surface area (Å²) in [5.41, 5.74) is 1.59. The van der Waals surface area contributed by atoms with Gasteiger partial charge in [0.1, 0.15) is 6.54 Å². The summed E-state index contributed by atoms with van der Waals surface area (Å²) in [7, 11) is 0. The highest BCUT2D eigenvalue weighted by molar-refractivity contribution is 7.08. The van der Waals surface area contributed by atoms with Crippen molar-refractivity contribution in [3.05, 3.63) is 52.5 Å². The second-order valence-corrected chi connectivity index (χ2v) is 8.63. The van der Waals surface area contributed by atoms with Crippen LogP contribution in [-0.2, 0) is 20.9 Å². The van der Waals surface area contributed by atoms with Crippen LogP contribution < -0.4 is 0 Å². The fraction of sp³-hybridized carbons (Fsp3) is 0.500. The van der Waals surface area contributed by atoms with Crippen molar-refractivity contribution in [2.24, 2.45) is 5.92 Å². The van der Waals surface area contributed by atoms with Gasteiger partial charge in [0.2, 0.25) is 5.91 Å². The maximum atomic E-state index is 13.0. The second kappa shape index (κ2) is 10.1. The average Bonchev–Trinajstić information content (AvgIpc) is 3.27. The highest BCUT2D eigenvalue weighted by atomic mass is 32.1. The van der Waals surface area contributed by atoms with Crippen LogP contribution in [0.15, 0.2) is 41.4 Å². The van der Waals surface area contributed by atoms with E-state index in [0.717, 1.165) is 31.6 Å². The third-order valence-electron chi connectivity index (χ3n) is 5.61. The molecule has 4 heterocycles. The fourth-order valence-corrected chi connectivity index (χ4v) is 4.55. The fourth-order valence-electron chi connectivity index (χ4n) is 3.92. The van der Waals surface area contributed by atoms with Gasteiger partial charge in [-0.15, -0.1) is 0 Å². The van der Waals surface area contributed by atoms with E-state index in [1.807, 2.05) is 27.8 Å². The van der Waals surface area contributed by atoms with Gasteiger partial charge in [0.25, 0.3) is 5.91 Å². The van der Waals surface area contributed by atoms with Gasteiger partial charge in [-0.3, -0.25) is 14.6 Å². The number of amides is 2. The summed E-state index contributed by atoms with van der Waals surface area (Å²) < 4.78 is 11.6. The number of carbonyl (C=O) groups excluding carboxylic acids is 2. The Balaban J connectivity index is 1.47. The molecule has 7 nitrogen and oxygen atoms in total. The van der Waals surface area contributed by atoms with Gasteiger partial charge < -0.3 is 19.3 Å². The zero-order valence-electron chi connectivity index (χ0n) is 16.9. The molecule has 2 amide bonds. The molecule has 2 aliphatic heterocycles. The predicted octanol–water partition coefficient (Wildman–Crippen LogP) is 2.44. The lowest BCUT2D eigenvalue weighted by Gasteiger charge is -2.30. The molecule has 160 valence electrons. The van der Waals surface area contributed by atoms with Crippen molar-refractivity contribution >= 4 is 23.2 Å². The third kappa shape index (κ3) is 5.44. The largest absolute Gasteiger partial charge is 0.381 e. The highest BCUT2D eigenvalue weighted by Gasteiger charge is 2.32. The zero-order valence-corrected chi connectivity index (χ0v) is 17.8. The minimum absolute atomic E-state index is 0.0162. The highest BCUT2D eigenvalue weighted by Crippen LogP contribution is 2.20. The Morgan fingerprint density at radius 1 is 1.27 bits per heavy atom. The zero-order chi connectivity index (χ0) is 20.8. The van der Waals surface area contributed by atoms with E-state index in [4.69, 9.17) is 9.47 Å². The summed E-state index contributed by atoms with van der Waals surface area (Å²) in [6.45, 7) is 3.56. The SMILES string of the molecule is O=C1CN(C(=O)c2ccsc2)CC(OCc2cccnc2)CN1CC1CCOCC1. The molecular weight excluding hydrogens is 402 g/mol. The number of ether oxygens (including phenoxy) is 2. The number of rotatable bonds is 6. The third-order valence-corrected chi connectivity index (χ3v) is 6.29. The van der Waals surface area contributed by atoms with E-state index in [0.29, 0.717) is 37.7 Å². The van der Waals surface area contributed by atoms with E-state index in [-0.39, 0.29) is 24.5 Å². The standard InChI is InChI=1S/C22H27N3O4S/c26-21-14-25(22(27)19-5-9-30-16-19)13-20(29-15-18-2-1-6-23-10-18)12-24(21)11-17-3-7-28-8-4-17/h1-2,5-6,9-10,16-17,20H,3-4,7-8,11-15H2. The maximum Gasteiger partial charge on any atom is 0.255 e. The lowest BCUT2D eigenvalue weighted by Crippen LogP contribution is -2.42. The number of aromatic nitrogens is 1. The minimum Gasteiger partial charge on any atom is -0.381 e. The monoisotopic (exact) mass is 429 g/mol. The second-order valence-electron chi connectivity index (χ2n) is 7.85. The van der Waals surface area contributed by atoms with Gasteiger partial charge in [0.15, 0.2) is 0 Å². The quantitative estimate of drug-likeness (QED) is 0.705. The van der Waals surface area contributed by atoms with E-state index < -0.39 is 0 Å². The summed E-state index contributed by atoms with van der Waals surface area (Å²) in [5, 5.41) is 3.70. The van der Waals surface area contributed by atoms with Gasteiger partial charge in [-0.05, 0) is 41.8 Å². The molecule has 1 unspecified atom stereocenters. The first-order valence-electron chi connectivity index (χ1n) is 10.4. The molecule has 8 heteroatoms. The molecule has 2 aliphatic rings. The van der Waals surface area contributed by atoms with Gasteiger partial charge in [-0.25, -0.2) is 0 Å². The van der Waals surface area contributed by atoms with Crippen LogP contribution in [0.2, 0.25) is 0 Å². The van der Waals surface area contributed by atoms with E-state index in [1.54, 1.807) is 23.4 Å². The molecule has 1 atom stereocenters. The molecule has 4 rings (SSSR count). The Kier molecular flexibility index (Phi) is 7.09. The molecule has 0 N–H and O–H groups in total. The molecule has 2 saturated heterocycles. The van der Waals surface area contributed by atoms with Gasteiger partial charge in [0.05, 0.1) is 18.3 Å². The van der Waals surface area contributed by atoms with Crippen LogP contribution in [0.25, 0.3) is 0 Å². The summed E-state index contributed by atoms with van der Waals surface area (Å²) in [5.74, 6) is 0.297. The van der Waals surface area contributed by atoms with Gasteiger partial charge >= 0.3 is 0 Å². The maximum absolute atomic E-state index is 13.0. The molecule has 0 bridgehead atoms. The number of hydrogen-bond donors (Lipinski definition) is 0. The minimum atomic E-state index is -0.251. The molecule has 0 aromatic carbocycles. The topological polar surface area (TPSA) is 72.0 Å². The number of pyridine rings is 1. The molecular formula is C22H27N3O4S. The van der Waals surface area contributed by atoms with Crippen LogP contribution in [-0.4, -0.2) is 72.1 Å². The van der Waals surface area contributed by atoms with Crippen LogP contribution in [0.3, 0.4) is 0 Å². The first kappa shape index (κ1) is 21.0. The average molecular weight is 430 g/mol. The summed E-state index contributed by atoms with van der Waals surface area (Å²) in [6.07, 6.45) is 5.17. The first-order valence-corrected chi connectivity index (χ1v) is 11.3. The van der Waals surface area contributed by atoms with Crippen molar-refractivity contribution in [1.82, 2.24) is 14.8 Å². The Morgan fingerprint density at radius 3 is 2.87 bits per heavy atom. The van der Waals surface area contributed by atoms with E-state index in [2.05, 4.69) is 4.98 Å². The smallest absolute Gasteiger partial charge is 0.255 e. The number of carbonyl (C=O) groups is 2. The van der Waals surface area contributed by atoms with Crippen LogP contribution in [0.5, 0.6) is 0 Å². The van der Waals surface area contributed by atoms with E-state index in [9.17, 15) is 9.59 Å². The van der Waals surface area contributed by atoms with Crippen molar-refractivity contribution in [3.63, 3.8) is 0 Å². The number of hydrogen-bond acceptors (Lipinski definition) is 6. The van der Waals surface area contributed by atoms with Gasteiger partial charge in [-0.2, -0.15) is 11.3 Å². The first-order chi connectivity index (χ1) is 14.7. The Labute approximate surface area is 180 Å². The number of thiophene rings is 1. The lowest BCUT2D eigenvalue weighted by atomic mass is 9.99. The van der Waals surface area contributed by atoms with Crippen molar-refractivity contribution in [2.45, 2.75) is 25.6 Å². The van der Waals surface area contributed by atoms with Gasteiger partial charge in [0, 0.05) is 50.6 Å². The van der Waals surface area contributed by atoms with Crippen LogP contribution in [0, 0.1) is 5.92 Å². The normalized spacial score (nSPS) is 20.9.